The van der Waals surface area contributed by atoms with Gasteiger partial charge in [0.15, 0.2) is 9.84 Å². The molecule has 0 fully saturated rings. The lowest BCUT2D eigenvalue weighted by atomic mass is 10.1. The number of ether oxygens (including phenoxy) is 3. The number of hydrogen-bond donors (Lipinski definition) is 0. The summed E-state index contributed by atoms with van der Waals surface area (Å²) in [7, 11) is 0.761. The Morgan fingerprint density at radius 2 is 1.48 bits per heavy atom. The second-order valence-electron chi connectivity index (χ2n) is 6.37. The Morgan fingerprint density at radius 1 is 0.862 bits per heavy atom. The molecule has 0 bridgehead atoms. The molecule has 29 heavy (non-hydrogen) atoms. The third-order valence-corrected chi connectivity index (χ3v) is 6.47. The first-order valence-corrected chi connectivity index (χ1v) is 10.7. The molecule has 7 heteroatoms. The van der Waals surface area contributed by atoms with Gasteiger partial charge in [0.1, 0.15) is 22.5 Å². The fraction of sp³-hybridized carbons (Fsp3) is 0.227. The molecule has 0 saturated heterocycles. The Bertz CT molecular complexity index is 1030. The Kier molecular flexibility index (Phi) is 6.39. The van der Waals surface area contributed by atoms with E-state index in [1.807, 2.05) is 18.2 Å². The summed E-state index contributed by atoms with van der Waals surface area (Å²) in [6.45, 7) is 0. The van der Waals surface area contributed by atoms with Gasteiger partial charge >= 0.3 is 0 Å². The molecular weight excluding hydrogens is 390 g/mol. The highest BCUT2D eigenvalue weighted by atomic mass is 32.2. The molecule has 0 aliphatic carbocycles. The highest BCUT2D eigenvalue weighted by Crippen LogP contribution is 2.44. The zero-order valence-corrected chi connectivity index (χ0v) is 17.3. The van der Waals surface area contributed by atoms with Crippen molar-refractivity contribution in [2.45, 2.75) is 11.0 Å². The van der Waals surface area contributed by atoms with Crippen molar-refractivity contribution in [1.29, 1.82) is 0 Å². The maximum Gasteiger partial charge on any atom is 0.167 e. The van der Waals surface area contributed by atoms with Crippen LogP contribution in [-0.4, -0.2) is 34.7 Å². The standard InChI is InChI=1S/C22H23NO5S/c1-26-17-13-19(27-2)21(20(14-17)28-3)22(18-11-7-8-12-23-18)29(24,25)15-16-9-5-4-6-10-16/h4-14,22H,15H2,1-3H3. The van der Waals surface area contributed by atoms with Crippen molar-refractivity contribution in [3.63, 3.8) is 0 Å². The molecule has 3 rings (SSSR count). The average Bonchev–Trinajstić information content (AvgIpc) is 2.74. The zero-order valence-electron chi connectivity index (χ0n) is 16.5. The van der Waals surface area contributed by atoms with Crippen molar-refractivity contribution in [3.05, 3.63) is 83.7 Å². The van der Waals surface area contributed by atoms with E-state index >= 15 is 0 Å². The lowest BCUT2D eigenvalue weighted by Crippen LogP contribution is -2.19. The van der Waals surface area contributed by atoms with E-state index in [0.717, 1.165) is 0 Å². The summed E-state index contributed by atoms with van der Waals surface area (Å²) in [6.07, 6.45) is 1.57. The van der Waals surface area contributed by atoms with Gasteiger partial charge in [-0.2, -0.15) is 0 Å². The van der Waals surface area contributed by atoms with Crippen molar-refractivity contribution < 1.29 is 22.6 Å². The molecule has 0 N–H and O–H groups in total. The number of nitrogens with zero attached hydrogens (tertiary/aromatic N) is 1. The van der Waals surface area contributed by atoms with Gasteiger partial charge in [-0.25, -0.2) is 8.42 Å². The number of benzene rings is 2. The van der Waals surface area contributed by atoms with Crippen LogP contribution in [0.25, 0.3) is 0 Å². The van der Waals surface area contributed by atoms with Gasteiger partial charge in [-0.3, -0.25) is 4.98 Å². The van der Waals surface area contributed by atoms with E-state index in [9.17, 15) is 8.42 Å². The maximum absolute atomic E-state index is 13.6. The van der Waals surface area contributed by atoms with E-state index in [1.165, 1.54) is 21.3 Å². The molecule has 1 aromatic heterocycles. The second-order valence-corrected chi connectivity index (χ2v) is 8.46. The number of sulfone groups is 1. The Labute approximate surface area is 171 Å². The van der Waals surface area contributed by atoms with E-state index in [4.69, 9.17) is 14.2 Å². The molecule has 0 aliphatic heterocycles. The lowest BCUT2D eigenvalue weighted by Gasteiger charge is -2.23. The molecule has 0 spiro atoms. The van der Waals surface area contributed by atoms with Crippen LogP contribution < -0.4 is 14.2 Å². The summed E-state index contributed by atoms with van der Waals surface area (Å²) in [5.74, 6) is 1.07. The van der Waals surface area contributed by atoms with Crippen LogP contribution in [0.2, 0.25) is 0 Å². The summed E-state index contributed by atoms with van der Waals surface area (Å²) >= 11 is 0. The predicted octanol–water partition coefficient (Wildman–Crippen LogP) is 3.81. The lowest BCUT2D eigenvalue weighted by molar-refractivity contribution is 0.368. The predicted molar refractivity (Wildman–Crippen MR) is 111 cm³/mol. The van der Waals surface area contributed by atoms with Gasteiger partial charge in [-0.15, -0.1) is 0 Å². The van der Waals surface area contributed by atoms with Gasteiger partial charge in [-0.1, -0.05) is 36.4 Å². The van der Waals surface area contributed by atoms with Gasteiger partial charge in [-0.05, 0) is 17.7 Å². The largest absolute Gasteiger partial charge is 0.496 e. The summed E-state index contributed by atoms with van der Waals surface area (Å²) < 4.78 is 43.6. The monoisotopic (exact) mass is 413 g/mol. The highest BCUT2D eigenvalue weighted by molar-refractivity contribution is 7.91. The molecule has 1 unspecified atom stereocenters. The molecule has 2 aromatic carbocycles. The van der Waals surface area contributed by atoms with Gasteiger partial charge in [0.2, 0.25) is 0 Å². The fourth-order valence-corrected chi connectivity index (χ4v) is 5.15. The summed E-state index contributed by atoms with van der Waals surface area (Å²) in [6, 6.07) is 17.5. The topological polar surface area (TPSA) is 74.7 Å². The zero-order chi connectivity index (χ0) is 20.9. The van der Waals surface area contributed by atoms with Crippen LogP contribution in [0, 0.1) is 0 Å². The minimum Gasteiger partial charge on any atom is -0.496 e. The van der Waals surface area contributed by atoms with Gasteiger partial charge in [0, 0.05) is 18.3 Å². The van der Waals surface area contributed by atoms with E-state index < -0.39 is 15.1 Å². The maximum atomic E-state index is 13.6. The number of pyridine rings is 1. The number of aromatic nitrogens is 1. The van der Waals surface area contributed by atoms with Gasteiger partial charge in [0.05, 0.1) is 38.3 Å². The molecule has 1 heterocycles. The van der Waals surface area contributed by atoms with Gasteiger partial charge < -0.3 is 14.2 Å². The van der Waals surface area contributed by atoms with Crippen LogP contribution in [0.3, 0.4) is 0 Å². The Balaban J connectivity index is 2.23. The second kappa shape index (κ2) is 8.96. The molecule has 0 aliphatic rings. The van der Waals surface area contributed by atoms with Crippen LogP contribution in [0.1, 0.15) is 22.1 Å². The SMILES string of the molecule is COc1cc(OC)c(C(c2ccccn2)S(=O)(=O)Cc2ccccc2)c(OC)c1. The van der Waals surface area contributed by atoms with Crippen molar-refractivity contribution in [2.24, 2.45) is 0 Å². The third kappa shape index (κ3) is 4.51. The Morgan fingerprint density at radius 3 is 2.00 bits per heavy atom. The van der Waals surface area contributed by atoms with Crippen molar-refractivity contribution in [2.75, 3.05) is 21.3 Å². The van der Waals surface area contributed by atoms with Gasteiger partial charge in [0.25, 0.3) is 0 Å². The molecule has 0 radical (unpaired) electrons. The molecule has 6 nitrogen and oxygen atoms in total. The van der Waals surface area contributed by atoms with Crippen LogP contribution in [0.5, 0.6) is 17.2 Å². The van der Waals surface area contributed by atoms with Crippen LogP contribution in [-0.2, 0) is 15.6 Å². The molecule has 152 valence electrons. The van der Waals surface area contributed by atoms with Crippen LogP contribution in [0.15, 0.2) is 66.9 Å². The first-order chi connectivity index (χ1) is 14.0. The van der Waals surface area contributed by atoms with E-state index in [-0.39, 0.29) is 5.75 Å². The van der Waals surface area contributed by atoms with Crippen LogP contribution in [0.4, 0.5) is 0 Å². The highest BCUT2D eigenvalue weighted by Gasteiger charge is 2.36. The van der Waals surface area contributed by atoms with E-state index in [2.05, 4.69) is 4.98 Å². The third-order valence-electron chi connectivity index (χ3n) is 4.54. The molecule has 3 aromatic rings. The summed E-state index contributed by atoms with van der Waals surface area (Å²) in [4.78, 5) is 4.34. The summed E-state index contributed by atoms with van der Waals surface area (Å²) in [5, 5.41) is -1.07. The summed E-state index contributed by atoms with van der Waals surface area (Å²) in [5.41, 5.74) is 1.48. The van der Waals surface area contributed by atoms with Crippen molar-refractivity contribution in [1.82, 2.24) is 4.98 Å². The van der Waals surface area contributed by atoms with Crippen molar-refractivity contribution in [3.8, 4) is 17.2 Å². The van der Waals surface area contributed by atoms with Crippen LogP contribution >= 0.6 is 0 Å². The molecule has 0 amide bonds. The van der Waals surface area contributed by atoms with E-state index in [1.54, 1.807) is 48.7 Å². The minimum atomic E-state index is -3.73. The molecular formula is C22H23NO5S. The number of methoxy groups -OCH3 is 3. The fourth-order valence-electron chi connectivity index (χ4n) is 3.22. The number of rotatable bonds is 8. The first kappa shape index (κ1) is 20.7. The minimum absolute atomic E-state index is 0.145. The Hall–Kier alpha value is -3.06. The first-order valence-electron chi connectivity index (χ1n) is 8.96. The molecule has 1 atom stereocenters. The smallest absolute Gasteiger partial charge is 0.167 e. The molecule has 0 saturated carbocycles. The normalized spacial score (nSPS) is 12.2. The number of hydrogen-bond acceptors (Lipinski definition) is 6. The van der Waals surface area contributed by atoms with E-state index in [0.29, 0.717) is 34.1 Å². The average molecular weight is 413 g/mol. The van der Waals surface area contributed by atoms with Crippen molar-refractivity contribution >= 4 is 9.84 Å². The quantitative estimate of drug-likeness (QED) is 0.559.